The molecule has 10 heteroatoms. The van der Waals surface area contributed by atoms with Crippen molar-refractivity contribution in [3.63, 3.8) is 0 Å². The summed E-state index contributed by atoms with van der Waals surface area (Å²) in [5, 5.41) is 18.4. The van der Waals surface area contributed by atoms with Crippen LogP contribution in [-0.4, -0.2) is 27.0 Å². The van der Waals surface area contributed by atoms with Crippen molar-refractivity contribution in [3.8, 4) is 6.07 Å². The first-order valence-corrected chi connectivity index (χ1v) is 9.73. The zero-order valence-corrected chi connectivity index (χ0v) is 16.5. The molecule has 1 aliphatic carbocycles. The molecular weight excluding hydrogens is 417 g/mol. The Balaban J connectivity index is 1.81. The van der Waals surface area contributed by atoms with Crippen LogP contribution in [0.2, 0.25) is 0 Å². The zero-order valence-electron chi connectivity index (χ0n) is 15.6. The minimum absolute atomic E-state index is 0.0709. The van der Waals surface area contributed by atoms with E-state index in [-0.39, 0.29) is 18.2 Å². The molecule has 2 fully saturated rings. The number of hydrogen-bond donors (Lipinski definition) is 2. The van der Waals surface area contributed by atoms with E-state index in [9.17, 15) is 23.1 Å². The SMILES string of the molecule is N#Cc1ncc(N2C(=O)C3(CCC3)N(c3cccc(CO)c3)C2S)cc1C(F)(F)F. The molecule has 0 radical (unpaired) electrons. The quantitative estimate of drug-likeness (QED) is 0.724. The van der Waals surface area contributed by atoms with Gasteiger partial charge in [0.05, 0.1) is 24.1 Å². The van der Waals surface area contributed by atoms with Crippen LogP contribution in [0.15, 0.2) is 36.5 Å². The van der Waals surface area contributed by atoms with Crippen LogP contribution in [0.3, 0.4) is 0 Å². The summed E-state index contributed by atoms with van der Waals surface area (Å²) in [6.07, 6.45) is -1.81. The van der Waals surface area contributed by atoms with Crippen molar-refractivity contribution >= 4 is 29.9 Å². The zero-order chi connectivity index (χ0) is 21.7. The molecule has 4 rings (SSSR count). The van der Waals surface area contributed by atoms with Crippen LogP contribution in [0.4, 0.5) is 24.5 Å². The number of aromatic nitrogens is 1. The van der Waals surface area contributed by atoms with Crippen molar-refractivity contribution in [2.45, 2.75) is 43.1 Å². The Morgan fingerprint density at radius 3 is 2.60 bits per heavy atom. The number of thiol groups is 1. The summed E-state index contributed by atoms with van der Waals surface area (Å²) >= 11 is 4.58. The number of nitriles is 1. The van der Waals surface area contributed by atoms with E-state index < -0.39 is 28.5 Å². The van der Waals surface area contributed by atoms with Crippen molar-refractivity contribution in [1.29, 1.82) is 5.26 Å². The Morgan fingerprint density at radius 2 is 2.03 bits per heavy atom. The molecule has 1 saturated heterocycles. The number of nitrogens with zero attached hydrogens (tertiary/aromatic N) is 4. The van der Waals surface area contributed by atoms with Gasteiger partial charge in [-0.25, -0.2) is 4.98 Å². The van der Waals surface area contributed by atoms with Crippen molar-refractivity contribution < 1.29 is 23.1 Å². The summed E-state index contributed by atoms with van der Waals surface area (Å²) in [6, 6.07) is 9.20. The summed E-state index contributed by atoms with van der Waals surface area (Å²) in [5.41, 5.74) is -2.51. The lowest BCUT2D eigenvalue weighted by Crippen LogP contribution is -2.55. The molecule has 156 valence electrons. The van der Waals surface area contributed by atoms with E-state index in [1.807, 2.05) is 0 Å². The fourth-order valence-electron chi connectivity index (χ4n) is 4.06. The molecule has 1 spiro atoms. The minimum atomic E-state index is -4.79. The fraction of sp³-hybridized carbons (Fsp3) is 0.350. The Morgan fingerprint density at radius 1 is 1.30 bits per heavy atom. The van der Waals surface area contributed by atoms with Gasteiger partial charge in [0.25, 0.3) is 5.91 Å². The van der Waals surface area contributed by atoms with Gasteiger partial charge in [-0.1, -0.05) is 12.1 Å². The maximum atomic E-state index is 13.4. The molecule has 1 saturated carbocycles. The lowest BCUT2D eigenvalue weighted by molar-refractivity contribution is -0.138. The van der Waals surface area contributed by atoms with Crippen LogP contribution in [0.1, 0.15) is 36.1 Å². The first-order chi connectivity index (χ1) is 14.2. The number of aliphatic hydroxyl groups excluding tert-OH is 1. The van der Waals surface area contributed by atoms with E-state index in [0.29, 0.717) is 24.1 Å². The van der Waals surface area contributed by atoms with Gasteiger partial charge in [0.15, 0.2) is 11.2 Å². The highest BCUT2D eigenvalue weighted by Crippen LogP contribution is 2.50. The molecule has 6 nitrogen and oxygen atoms in total. The maximum Gasteiger partial charge on any atom is 0.419 e. The molecule has 1 aromatic heterocycles. The van der Waals surface area contributed by atoms with Crippen LogP contribution >= 0.6 is 12.6 Å². The van der Waals surface area contributed by atoms with Gasteiger partial charge in [-0.3, -0.25) is 9.69 Å². The largest absolute Gasteiger partial charge is 0.419 e. The predicted octanol–water partition coefficient (Wildman–Crippen LogP) is 3.45. The standard InChI is InChI=1S/C20H17F3N4O2S/c21-20(22,23)15-8-14(10-25-16(15)9-24)26-17(29)19(5-2-6-19)27(18(26)30)13-4-1-3-12(7-13)11-28/h1,3-4,7-8,10,18,28,30H,2,5-6,11H2. The minimum Gasteiger partial charge on any atom is -0.392 e. The van der Waals surface area contributed by atoms with E-state index >= 15 is 0 Å². The summed E-state index contributed by atoms with van der Waals surface area (Å²) in [4.78, 5) is 20.0. The monoisotopic (exact) mass is 434 g/mol. The lowest BCUT2D eigenvalue weighted by atomic mass is 9.75. The molecule has 1 unspecified atom stereocenters. The highest BCUT2D eigenvalue weighted by Gasteiger charge is 2.60. The topological polar surface area (TPSA) is 80.5 Å². The van der Waals surface area contributed by atoms with E-state index in [1.54, 1.807) is 29.2 Å². The van der Waals surface area contributed by atoms with Gasteiger partial charge in [0.1, 0.15) is 11.6 Å². The average molecular weight is 434 g/mol. The Hall–Kier alpha value is -2.77. The molecule has 2 heterocycles. The van der Waals surface area contributed by atoms with Crippen molar-refractivity contribution in [1.82, 2.24) is 4.98 Å². The number of benzene rings is 1. The number of anilines is 2. The number of alkyl halides is 3. The lowest BCUT2D eigenvalue weighted by Gasteiger charge is -2.44. The second kappa shape index (κ2) is 7.18. The van der Waals surface area contributed by atoms with Crippen LogP contribution in [0.5, 0.6) is 0 Å². The summed E-state index contributed by atoms with van der Waals surface area (Å²) < 4.78 is 40.2. The number of rotatable bonds is 3. The molecule has 1 amide bonds. The maximum absolute atomic E-state index is 13.4. The van der Waals surface area contributed by atoms with Gasteiger partial charge in [0.2, 0.25) is 0 Å². The molecule has 2 aromatic rings. The predicted molar refractivity (Wildman–Crippen MR) is 106 cm³/mol. The Labute approximate surface area is 176 Å². The van der Waals surface area contributed by atoms with Crippen LogP contribution in [0.25, 0.3) is 0 Å². The van der Waals surface area contributed by atoms with Crippen molar-refractivity contribution in [2.75, 3.05) is 9.80 Å². The number of carbonyl (C=O) groups is 1. The van der Waals surface area contributed by atoms with E-state index in [2.05, 4.69) is 17.6 Å². The smallest absolute Gasteiger partial charge is 0.392 e. The van der Waals surface area contributed by atoms with Crippen molar-refractivity contribution in [3.05, 3.63) is 53.3 Å². The number of amides is 1. The second-order valence-corrected chi connectivity index (χ2v) is 7.77. The molecule has 1 aliphatic heterocycles. The van der Waals surface area contributed by atoms with Crippen LogP contribution in [0, 0.1) is 11.3 Å². The number of aliphatic hydroxyl groups is 1. The first-order valence-electron chi connectivity index (χ1n) is 9.21. The van der Waals surface area contributed by atoms with Gasteiger partial charge in [-0.2, -0.15) is 18.4 Å². The first kappa shape index (κ1) is 20.5. The summed E-state index contributed by atoms with van der Waals surface area (Å²) in [5.74, 6) is -0.359. The Bertz CT molecular complexity index is 1050. The normalized spacial score (nSPS) is 20.4. The number of halogens is 3. The third-order valence-corrected chi connectivity index (χ3v) is 6.12. The van der Waals surface area contributed by atoms with Gasteiger partial charge >= 0.3 is 6.18 Å². The van der Waals surface area contributed by atoms with E-state index in [4.69, 9.17) is 5.26 Å². The van der Waals surface area contributed by atoms with Gasteiger partial charge < -0.3 is 10.0 Å². The highest BCUT2D eigenvalue weighted by molar-refractivity contribution is 7.81. The van der Waals surface area contributed by atoms with Gasteiger partial charge in [-0.05, 0) is 43.0 Å². The van der Waals surface area contributed by atoms with Crippen LogP contribution in [-0.2, 0) is 17.6 Å². The molecule has 1 aromatic carbocycles. The number of hydrogen-bond acceptors (Lipinski definition) is 6. The second-order valence-electron chi connectivity index (χ2n) is 7.30. The molecule has 1 N–H and O–H groups in total. The van der Waals surface area contributed by atoms with E-state index in [1.165, 1.54) is 11.0 Å². The van der Waals surface area contributed by atoms with Crippen LogP contribution < -0.4 is 9.80 Å². The third-order valence-electron chi connectivity index (χ3n) is 5.65. The molecule has 30 heavy (non-hydrogen) atoms. The number of carbonyl (C=O) groups excluding carboxylic acids is 1. The molecule has 1 atom stereocenters. The average Bonchev–Trinajstić information content (AvgIpc) is 2.93. The molecule has 0 bridgehead atoms. The van der Waals surface area contributed by atoms with Crippen molar-refractivity contribution in [2.24, 2.45) is 0 Å². The molecule has 2 aliphatic rings. The van der Waals surface area contributed by atoms with E-state index in [0.717, 1.165) is 18.7 Å². The molecular formula is C20H17F3N4O2S. The number of pyridine rings is 1. The van der Waals surface area contributed by atoms with Gasteiger partial charge in [0, 0.05) is 5.69 Å². The Kier molecular flexibility index (Phi) is 4.91. The van der Waals surface area contributed by atoms with Gasteiger partial charge in [-0.15, -0.1) is 12.6 Å². The highest BCUT2D eigenvalue weighted by atomic mass is 32.1. The summed E-state index contributed by atoms with van der Waals surface area (Å²) in [7, 11) is 0. The summed E-state index contributed by atoms with van der Waals surface area (Å²) in [6.45, 7) is -0.182. The fourth-order valence-corrected chi connectivity index (χ4v) is 4.65. The third kappa shape index (κ3) is 3.00.